The first-order valence-electron chi connectivity index (χ1n) is 8.68. The van der Waals surface area contributed by atoms with Gasteiger partial charge in [0.25, 0.3) is 10.0 Å². The lowest BCUT2D eigenvalue weighted by Crippen LogP contribution is -2.34. The van der Waals surface area contributed by atoms with Crippen molar-refractivity contribution in [1.29, 1.82) is 0 Å². The lowest BCUT2D eigenvalue weighted by Gasteiger charge is -2.11. The van der Waals surface area contributed by atoms with E-state index in [0.717, 1.165) is 0 Å². The number of carbonyl (C=O) groups is 2. The van der Waals surface area contributed by atoms with Crippen molar-refractivity contribution in [3.63, 3.8) is 0 Å². The van der Waals surface area contributed by atoms with Crippen molar-refractivity contribution >= 4 is 50.6 Å². The molecule has 0 aromatic heterocycles. The second kappa shape index (κ2) is 10.6. The van der Waals surface area contributed by atoms with E-state index in [1.54, 1.807) is 24.3 Å². The molecule has 0 aliphatic carbocycles. The third kappa shape index (κ3) is 7.01. The first-order chi connectivity index (χ1) is 14.2. The molecule has 3 N–H and O–H groups in total. The molecule has 0 unspecified atom stereocenters. The van der Waals surface area contributed by atoms with Crippen LogP contribution in [0.25, 0.3) is 0 Å². The van der Waals surface area contributed by atoms with Gasteiger partial charge in [0.05, 0.1) is 25.5 Å². The highest BCUT2D eigenvalue weighted by Gasteiger charge is 2.14. The van der Waals surface area contributed by atoms with Gasteiger partial charge >= 0.3 is 5.97 Å². The summed E-state index contributed by atoms with van der Waals surface area (Å²) in [4.78, 5) is 22.8. The molecule has 0 aliphatic rings. The van der Waals surface area contributed by atoms with Gasteiger partial charge in [0.15, 0.2) is 5.11 Å². The molecule has 0 atom stereocenters. The number of thiocarbonyl (C=S) groups is 1. The van der Waals surface area contributed by atoms with Crippen molar-refractivity contribution in [1.82, 2.24) is 5.32 Å². The zero-order valence-electron chi connectivity index (χ0n) is 16.3. The van der Waals surface area contributed by atoms with E-state index in [2.05, 4.69) is 20.1 Å². The quantitative estimate of drug-likeness (QED) is 0.413. The Morgan fingerprint density at radius 1 is 0.933 bits per heavy atom. The summed E-state index contributed by atoms with van der Waals surface area (Å²) in [6.07, 6.45) is -0.124. The van der Waals surface area contributed by atoms with Crippen LogP contribution in [-0.2, 0) is 24.3 Å². The van der Waals surface area contributed by atoms with E-state index in [4.69, 9.17) is 17.0 Å². The number of hydrogen-bond acceptors (Lipinski definition) is 7. The molecule has 0 saturated carbocycles. The third-order valence-electron chi connectivity index (χ3n) is 3.80. The van der Waals surface area contributed by atoms with Crippen molar-refractivity contribution in [3.8, 4) is 5.75 Å². The van der Waals surface area contributed by atoms with Crippen LogP contribution in [0.4, 0.5) is 11.4 Å². The van der Waals surface area contributed by atoms with Crippen LogP contribution in [0, 0.1) is 0 Å². The Kier molecular flexibility index (Phi) is 8.13. The Balaban J connectivity index is 1.93. The van der Waals surface area contributed by atoms with E-state index in [0.29, 0.717) is 17.1 Å². The van der Waals surface area contributed by atoms with Crippen LogP contribution in [0.2, 0.25) is 0 Å². The topological polar surface area (TPSA) is 123 Å². The number of methoxy groups -OCH3 is 2. The average Bonchev–Trinajstić information content (AvgIpc) is 2.72. The molecule has 0 aliphatic heterocycles. The highest BCUT2D eigenvalue weighted by Crippen LogP contribution is 2.20. The van der Waals surface area contributed by atoms with E-state index >= 15 is 0 Å². The minimum absolute atomic E-state index is 0.0248. The Labute approximate surface area is 179 Å². The van der Waals surface area contributed by atoms with Crippen LogP contribution in [0.1, 0.15) is 12.8 Å². The molecule has 30 heavy (non-hydrogen) atoms. The van der Waals surface area contributed by atoms with Gasteiger partial charge < -0.3 is 20.1 Å². The normalized spacial score (nSPS) is 10.6. The van der Waals surface area contributed by atoms with Crippen molar-refractivity contribution in [2.75, 3.05) is 24.3 Å². The molecule has 0 heterocycles. The molecule has 2 aromatic carbocycles. The maximum absolute atomic E-state index is 12.5. The summed E-state index contributed by atoms with van der Waals surface area (Å²) in [7, 11) is -1.02. The van der Waals surface area contributed by atoms with Crippen molar-refractivity contribution in [2.45, 2.75) is 17.7 Å². The molecule has 0 radical (unpaired) electrons. The molecule has 2 rings (SSSR count). The second-order valence-electron chi connectivity index (χ2n) is 5.94. The number of esters is 1. The zero-order chi connectivity index (χ0) is 22.1. The van der Waals surface area contributed by atoms with Gasteiger partial charge in [-0.25, -0.2) is 8.42 Å². The van der Waals surface area contributed by atoms with Crippen molar-refractivity contribution in [3.05, 3.63) is 48.5 Å². The van der Waals surface area contributed by atoms with Crippen LogP contribution in [0.5, 0.6) is 5.75 Å². The summed E-state index contributed by atoms with van der Waals surface area (Å²) in [5.74, 6) is -0.327. The Hall–Kier alpha value is -3.18. The largest absolute Gasteiger partial charge is 0.497 e. The van der Waals surface area contributed by atoms with E-state index < -0.39 is 21.9 Å². The number of nitrogens with one attached hydrogen (secondary N) is 3. The Morgan fingerprint density at radius 2 is 1.53 bits per heavy atom. The molecule has 0 bridgehead atoms. The SMILES string of the molecule is COC(=O)CCC(=O)NC(=S)Nc1ccc(S(=O)(=O)Nc2ccc(OC)cc2)cc1. The first-order valence-corrected chi connectivity index (χ1v) is 10.6. The standard InChI is InChI=1S/C19H21N3O6S2/c1-27-15-7-3-14(4-8-15)22-30(25,26)16-9-5-13(6-10-16)20-19(29)21-17(23)11-12-18(24)28-2/h3-10,22H,11-12H2,1-2H3,(H2,20,21,23,29). The molecular formula is C19H21N3O6S2. The zero-order valence-corrected chi connectivity index (χ0v) is 17.9. The fourth-order valence-corrected chi connectivity index (χ4v) is 3.55. The minimum atomic E-state index is -3.78. The van der Waals surface area contributed by atoms with E-state index in [1.165, 1.54) is 38.5 Å². The highest BCUT2D eigenvalue weighted by molar-refractivity contribution is 7.92. The first kappa shape index (κ1) is 23.1. The van der Waals surface area contributed by atoms with Crippen LogP contribution < -0.4 is 20.1 Å². The fraction of sp³-hybridized carbons (Fsp3) is 0.211. The summed E-state index contributed by atoms with van der Waals surface area (Å²) in [5.41, 5.74) is 0.880. The van der Waals surface area contributed by atoms with E-state index in [-0.39, 0.29) is 22.8 Å². The van der Waals surface area contributed by atoms with Gasteiger partial charge in [-0.3, -0.25) is 14.3 Å². The molecule has 11 heteroatoms. The highest BCUT2D eigenvalue weighted by atomic mass is 32.2. The number of anilines is 2. The number of sulfonamides is 1. The molecular weight excluding hydrogens is 430 g/mol. The van der Waals surface area contributed by atoms with Gasteiger partial charge in [-0.1, -0.05) is 0 Å². The fourth-order valence-electron chi connectivity index (χ4n) is 2.26. The predicted molar refractivity (Wildman–Crippen MR) is 116 cm³/mol. The van der Waals surface area contributed by atoms with E-state index in [1.807, 2.05) is 0 Å². The molecule has 0 spiro atoms. The maximum Gasteiger partial charge on any atom is 0.306 e. The van der Waals surface area contributed by atoms with Gasteiger partial charge in [-0.2, -0.15) is 0 Å². The maximum atomic E-state index is 12.5. The smallest absolute Gasteiger partial charge is 0.306 e. The summed E-state index contributed by atoms with van der Waals surface area (Å²) in [6.45, 7) is 0. The summed E-state index contributed by atoms with van der Waals surface area (Å²) < 4.78 is 37.0. The van der Waals surface area contributed by atoms with Gasteiger partial charge in [0.2, 0.25) is 5.91 Å². The minimum Gasteiger partial charge on any atom is -0.497 e. The molecule has 9 nitrogen and oxygen atoms in total. The Morgan fingerprint density at radius 3 is 2.10 bits per heavy atom. The van der Waals surface area contributed by atoms with Crippen molar-refractivity contribution in [2.24, 2.45) is 0 Å². The molecule has 0 saturated heterocycles. The van der Waals surface area contributed by atoms with Gasteiger partial charge in [-0.15, -0.1) is 0 Å². The number of benzene rings is 2. The van der Waals surface area contributed by atoms with Gasteiger partial charge in [0, 0.05) is 17.8 Å². The molecule has 2 aromatic rings. The van der Waals surface area contributed by atoms with Crippen LogP contribution in [-0.4, -0.2) is 39.6 Å². The van der Waals surface area contributed by atoms with Crippen molar-refractivity contribution < 1.29 is 27.5 Å². The lowest BCUT2D eigenvalue weighted by atomic mass is 10.3. The van der Waals surface area contributed by atoms with Gasteiger partial charge in [-0.05, 0) is 60.7 Å². The Bertz CT molecular complexity index is 1010. The third-order valence-corrected chi connectivity index (χ3v) is 5.40. The van der Waals surface area contributed by atoms with Crippen LogP contribution >= 0.6 is 12.2 Å². The second-order valence-corrected chi connectivity index (χ2v) is 8.03. The van der Waals surface area contributed by atoms with Crippen LogP contribution in [0.3, 0.4) is 0 Å². The molecule has 160 valence electrons. The summed E-state index contributed by atoms with van der Waals surface area (Å²) in [6, 6.07) is 12.3. The summed E-state index contributed by atoms with van der Waals surface area (Å²) in [5, 5.41) is 5.22. The molecule has 1 amide bonds. The van der Waals surface area contributed by atoms with Gasteiger partial charge in [0.1, 0.15) is 5.75 Å². The molecule has 0 fully saturated rings. The number of carbonyl (C=O) groups excluding carboxylic acids is 2. The average molecular weight is 452 g/mol. The number of amides is 1. The van der Waals surface area contributed by atoms with E-state index in [9.17, 15) is 18.0 Å². The number of hydrogen-bond donors (Lipinski definition) is 3. The predicted octanol–water partition coefficient (Wildman–Crippen LogP) is 2.26. The lowest BCUT2D eigenvalue weighted by molar-refractivity contribution is -0.142. The number of ether oxygens (including phenoxy) is 2. The number of rotatable bonds is 8. The van der Waals surface area contributed by atoms with Crippen LogP contribution in [0.15, 0.2) is 53.4 Å². The summed E-state index contributed by atoms with van der Waals surface area (Å²) >= 11 is 5.03. The monoisotopic (exact) mass is 451 g/mol.